The van der Waals surface area contributed by atoms with Gasteiger partial charge in [-0.25, -0.2) is 4.79 Å². The molecule has 134 valence electrons. The highest BCUT2D eigenvalue weighted by molar-refractivity contribution is 5.90. The number of amides is 2. The van der Waals surface area contributed by atoms with E-state index >= 15 is 0 Å². The second-order valence-corrected chi connectivity index (χ2v) is 5.69. The Kier molecular flexibility index (Phi) is 6.65. The Morgan fingerprint density at radius 1 is 1.12 bits per heavy atom. The Bertz CT molecular complexity index is 704. The van der Waals surface area contributed by atoms with Crippen LogP contribution in [0.5, 0.6) is 11.5 Å². The van der Waals surface area contributed by atoms with Crippen molar-refractivity contribution >= 4 is 11.7 Å². The Morgan fingerprint density at radius 2 is 1.76 bits per heavy atom. The van der Waals surface area contributed by atoms with E-state index in [2.05, 4.69) is 10.6 Å². The third-order valence-corrected chi connectivity index (χ3v) is 3.86. The number of aliphatic hydroxyl groups excluding tert-OH is 1. The second-order valence-electron chi connectivity index (χ2n) is 5.69. The van der Waals surface area contributed by atoms with Crippen molar-refractivity contribution in [3.05, 3.63) is 53.6 Å². The number of anilines is 1. The zero-order valence-corrected chi connectivity index (χ0v) is 14.7. The topological polar surface area (TPSA) is 79.8 Å². The molecule has 0 saturated carbocycles. The standard InChI is InChI=1S/C19H24N2O4/c1-13-9-17(24-2)18(25-3)11-16(13)21-19(23)20-15(12-22)10-14-7-5-4-6-8-14/h4-9,11,15,22H,10,12H2,1-3H3,(H2,20,21,23)/t15-/m0/s1. The summed E-state index contributed by atoms with van der Waals surface area (Å²) in [6.07, 6.45) is 0.551. The Balaban J connectivity index is 2.03. The molecule has 2 aromatic rings. The van der Waals surface area contributed by atoms with Crippen molar-refractivity contribution in [3.63, 3.8) is 0 Å². The van der Waals surface area contributed by atoms with E-state index in [-0.39, 0.29) is 18.7 Å². The molecule has 2 amide bonds. The summed E-state index contributed by atoms with van der Waals surface area (Å²) in [7, 11) is 3.10. The molecule has 0 aromatic heterocycles. The van der Waals surface area contributed by atoms with Gasteiger partial charge >= 0.3 is 6.03 Å². The van der Waals surface area contributed by atoms with Crippen LogP contribution in [0.1, 0.15) is 11.1 Å². The molecule has 0 radical (unpaired) electrons. The van der Waals surface area contributed by atoms with Crippen LogP contribution in [0.4, 0.5) is 10.5 Å². The van der Waals surface area contributed by atoms with Gasteiger partial charge in [-0.1, -0.05) is 30.3 Å². The van der Waals surface area contributed by atoms with Crippen molar-refractivity contribution in [2.45, 2.75) is 19.4 Å². The lowest BCUT2D eigenvalue weighted by Crippen LogP contribution is -2.41. The minimum Gasteiger partial charge on any atom is -0.493 e. The minimum atomic E-state index is -0.384. The Labute approximate surface area is 147 Å². The number of hydrogen-bond acceptors (Lipinski definition) is 4. The fourth-order valence-electron chi connectivity index (χ4n) is 2.52. The van der Waals surface area contributed by atoms with Crippen LogP contribution >= 0.6 is 0 Å². The lowest BCUT2D eigenvalue weighted by Gasteiger charge is -2.18. The molecule has 3 N–H and O–H groups in total. The van der Waals surface area contributed by atoms with Crippen molar-refractivity contribution < 1.29 is 19.4 Å². The largest absolute Gasteiger partial charge is 0.493 e. The molecular weight excluding hydrogens is 320 g/mol. The van der Waals surface area contributed by atoms with E-state index in [4.69, 9.17) is 9.47 Å². The number of urea groups is 1. The van der Waals surface area contributed by atoms with Gasteiger partial charge in [0.2, 0.25) is 0 Å². The summed E-state index contributed by atoms with van der Waals surface area (Å²) >= 11 is 0. The van der Waals surface area contributed by atoms with E-state index < -0.39 is 0 Å². The van der Waals surface area contributed by atoms with Crippen molar-refractivity contribution in [1.82, 2.24) is 5.32 Å². The van der Waals surface area contributed by atoms with E-state index in [0.717, 1.165) is 11.1 Å². The van der Waals surface area contributed by atoms with Gasteiger partial charge in [-0.2, -0.15) is 0 Å². The minimum absolute atomic E-state index is 0.146. The van der Waals surface area contributed by atoms with E-state index in [1.54, 1.807) is 26.4 Å². The first-order chi connectivity index (χ1) is 12.1. The number of aryl methyl sites for hydroxylation is 1. The number of ether oxygens (including phenoxy) is 2. The maximum atomic E-state index is 12.3. The highest BCUT2D eigenvalue weighted by Gasteiger charge is 2.14. The number of hydrogen-bond donors (Lipinski definition) is 3. The number of benzene rings is 2. The maximum absolute atomic E-state index is 12.3. The van der Waals surface area contributed by atoms with E-state index in [0.29, 0.717) is 23.6 Å². The Morgan fingerprint density at radius 3 is 2.36 bits per heavy atom. The van der Waals surface area contributed by atoms with Gasteiger partial charge in [0.1, 0.15) is 0 Å². The number of aliphatic hydroxyl groups is 1. The molecule has 0 aliphatic carbocycles. The number of nitrogens with one attached hydrogen (secondary N) is 2. The van der Waals surface area contributed by atoms with Crippen LogP contribution in [-0.2, 0) is 6.42 Å². The van der Waals surface area contributed by atoms with Crippen LogP contribution in [0.25, 0.3) is 0 Å². The van der Waals surface area contributed by atoms with Gasteiger partial charge in [-0.05, 0) is 30.5 Å². The monoisotopic (exact) mass is 344 g/mol. The predicted octanol–water partition coefficient (Wildman–Crippen LogP) is 2.74. The molecular formula is C19H24N2O4. The second kappa shape index (κ2) is 8.94. The fraction of sp³-hybridized carbons (Fsp3) is 0.316. The first-order valence-corrected chi connectivity index (χ1v) is 8.02. The van der Waals surface area contributed by atoms with Crippen LogP contribution in [0.2, 0.25) is 0 Å². The molecule has 2 rings (SSSR count). The number of carbonyl (C=O) groups is 1. The Hall–Kier alpha value is -2.73. The number of rotatable bonds is 7. The lowest BCUT2D eigenvalue weighted by molar-refractivity contribution is 0.224. The van der Waals surface area contributed by atoms with Crippen molar-refractivity contribution in [2.75, 3.05) is 26.1 Å². The zero-order valence-electron chi connectivity index (χ0n) is 14.7. The average Bonchev–Trinajstić information content (AvgIpc) is 2.63. The van der Waals surface area contributed by atoms with Crippen LogP contribution in [0.3, 0.4) is 0 Å². The van der Waals surface area contributed by atoms with Gasteiger partial charge in [-0.3, -0.25) is 0 Å². The predicted molar refractivity (Wildman–Crippen MR) is 97.5 cm³/mol. The molecule has 0 fully saturated rings. The third kappa shape index (κ3) is 5.12. The van der Waals surface area contributed by atoms with Crippen LogP contribution < -0.4 is 20.1 Å². The first-order valence-electron chi connectivity index (χ1n) is 8.02. The normalized spacial score (nSPS) is 11.5. The van der Waals surface area contributed by atoms with Crippen molar-refractivity contribution in [1.29, 1.82) is 0 Å². The molecule has 0 bridgehead atoms. The third-order valence-electron chi connectivity index (χ3n) is 3.86. The molecule has 25 heavy (non-hydrogen) atoms. The molecule has 6 heteroatoms. The van der Waals surface area contributed by atoms with Crippen molar-refractivity contribution in [2.24, 2.45) is 0 Å². The van der Waals surface area contributed by atoms with Gasteiger partial charge in [0.25, 0.3) is 0 Å². The SMILES string of the molecule is COc1cc(C)c(NC(=O)N[C@H](CO)Cc2ccccc2)cc1OC. The smallest absolute Gasteiger partial charge is 0.319 e. The highest BCUT2D eigenvalue weighted by atomic mass is 16.5. The van der Waals surface area contributed by atoms with E-state index in [1.807, 2.05) is 37.3 Å². The van der Waals surface area contributed by atoms with Crippen LogP contribution in [0.15, 0.2) is 42.5 Å². The van der Waals surface area contributed by atoms with Gasteiger partial charge in [0.05, 0.1) is 26.9 Å². The molecule has 0 unspecified atom stereocenters. The molecule has 0 saturated heterocycles. The first kappa shape index (κ1) is 18.6. The molecule has 0 aliphatic rings. The van der Waals surface area contributed by atoms with E-state index in [9.17, 15) is 9.90 Å². The van der Waals surface area contributed by atoms with Crippen LogP contribution in [0, 0.1) is 6.92 Å². The summed E-state index contributed by atoms with van der Waals surface area (Å²) in [6.45, 7) is 1.72. The molecule has 0 aliphatic heterocycles. The average molecular weight is 344 g/mol. The molecule has 1 atom stereocenters. The van der Waals surface area contributed by atoms with E-state index in [1.165, 1.54) is 0 Å². The van der Waals surface area contributed by atoms with Gasteiger partial charge < -0.3 is 25.2 Å². The molecule has 6 nitrogen and oxygen atoms in total. The summed E-state index contributed by atoms with van der Waals surface area (Å²) in [5.74, 6) is 1.13. The van der Waals surface area contributed by atoms with Crippen molar-refractivity contribution in [3.8, 4) is 11.5 Å². The van der Waals surface area contributed by atoms with Crippen LogP contribution in [-0.4, -0.2) is 38.0 Å². The van der Waals surface area contributed by atoms with Gasteiger partial charge in [0.15, 0.2) is 11.5 Å². The fourth-order valence-corrected chi connectivity index (χ4v) is 2.52. The van der Waals surface area contributed by atoms with Gasteiger partial charge in [0, 0.05) is 11.8 Å². The summed E-state index contributed by atoms with van der Waals surface area (Å²) in [6, 6.07) is 12.4. The lowest BCUT2D eigenvalue weighted by atomic mass is 10.1. The molecule has 0 heterocycles. The number of methoxy groups -OCH3 is 2. The summed E-state index contributed by atoms with van der Waals surface area (Å²) in [5, 5.41) is 15.1. The maximum Gasteiger partial charge on any atom is 0.319 e. The summed E-state index contributed by atoms with van der Waals surface area (Å²) in [5.41, 5.74) is 2.51. The summed E-state index contributed by atoms with van der Waals surface area (Å²) in [4.78, 5) is 12.3. The quantitative estimate of drug-likeness (QED) is 0.721. The zero-order chi connectivity index (χ0) is 18.2. The van der Waals surface area contributed by atoms with Gasteiger partial charge in [-0.15, -0.1) is 0 Å². The number of carbonyl (C=O) groups excluding carboxylic acids is 1. The molecule has 2 aromatic carbocycles. The molecule has 0 spiro atoms. The highest BCUT2D eigenvalue weighted by Crippen LogP contribution is 2.32. The summed E-state index contributed by atoms with van der Waals surface area (Å²) < 4.78 is 10.5.